The fraction of sp³-hybridized carbons (Fsp3) is 0.600. The van der Waals surface area contributed by atoms with Gasteiger partial charge in [-0.25, -0.2) is 0 Å². The quantitative estimate of drug-likeness (QED) is 0.810. The van der Waals surface area contributed by atoms with Gasteiger partial charge in [-0.15, -0.1) is 0 Å². The monoisotopic (exact) mass is 232 g/mol. The minimum absolute atomic E-state index is 0.745. The highest BCUT2D eigenvalue weighted by Crippen LogP contribution is 2.34. The summed E-state index contributed by atoms with van der Waals surface area (Å²) in [5.74, 6) is 0.957. The Morgan fingerprint density at radius 2 is 2.18 bits per heavy atom. The maximum Gasteiger partial charge on any atom is 0.0343 e. The van der Waals surface area contributed by atoms with Crippen molar-refractivity contribution in [3.05, 3.63) is 29.8 Å². The van der Waals surface area contributed by atoms with Crippen molar-refractivity contribution in [2.45, 2.75) is 32.7 Å². The third kappa shape index (κ3) is 3.74. The van der Waals surface area contributed by atoms with Gasteiger partial charge in [-0.3, -0.25) is 0 Å². The number of anilines is 1. The highest BCUT2D eigenvalue weighted by molar-refractivity contribution is 5.45. The van der Waals surface area contributed by atoms with Crippen LogP contribution in [0.3, 0.4) is 0 Å². The van der Waals surface area contributed by atoms with E-state index >= 15 is 0 Å². The summed E-state index contributed by atoms with van der Waals surface area (Å²) in [4.78, 5) is 2.47. The minimum Gasteiger partial charge on any atom is -0.384 e. The lowest BCUT2D eigenvalue weighted by molar-refractivity contribution is 0.243. The Kier molecular flexibility index (Phi) is 4.06. The molecule has 0 aliphatic heterocycles. The van der Waals surface area contributed by atoms with Gasteiger partial charge in [0.25, 0.3) is 0 Å². The predicted octanol–water partition coefficient (Wildman–Crippen LogP) is 3.14. The number of nitrogens with one attached hydrogen (secondary N) is 1. The number of benzene rings is 1. The standard InChI is InChI=1S/C15H24N2/c1-12-5-4-6-15(11-12)16-9-10-17(3)13(2)14-7-8-14/h4-6,11,13-14,16H,7-10H2,1-3H3. The van der Waals surface area contributed by atoms with Crippen molar-refractivity contribution in [2.24, 2.45) is 5.92 Å². The molecule has 94 valence electrons. The first-order valence-corrected chi connectivity index (χ1v) is 6.67. The van der Waals surface area contributed by atoms with Crippen LogP contribution in [-0.2, 0) is 0 Å². The van der Waals surface area contributed by atoms with E-state index < -0.39 is 0 Å². The van der Waals surface area contributed by atoms with Crippen molar-refractivity contribution in [3.63, 3.8) is 0 Å². The molecular formula is C15H24N2. The Labute approximate surface area is 105 Å². The molecule has 2 rings (SSSR count). The summed E-state index contributed by atoms with van der Waals surface area (Å²) in [6, 6.07) is 9.32. The molecule has 0 saturated heterocycles. The molecule has 0 radical (unpaired) electrons. The van der Waals surface area contributed by atoms with Gasteiger partial charge in [-0.05, 0) is 57.4 Å². The van der Waals surface area contributed by atoms with Gasteiger partial charge in [0.05, 0.1) is 0 Å². The summed E-state index contributed by atoms with van der Waals surface area (Å²) in [6.07, 6.45) is 2.85. The lowest BCUT2D eigenvalue weighted by atomic mass is 10.2. The second kappa shape index (κ2) is 5.54. The maximum absolute atomic E-state index is 3.49. The molecule has 2 nitrogen and oxygen atoms in total. The van der Waals surface area contributed by atoms with Crippen LogP contribution in [0.1, 0.15) is 25.3 Å². The average molecular weight is 232 g/mol. The molecule has 0 heterocycles. The molecule has 1 aliphatic carbocycles. The topological polar surface area (TPSA) is 15.3 Å². The van der Waals surface area contributed by atoms with E-state index in [0.717, 1.165) is 25.0 Å². The van der Waals surface area contributed by atoms with Crippen LogP contribution in [0.5, 0.6) is 0 Å². The van der Waals surface area contributed by atoms with Crippen LogP contribution in [0.2, 0.25) is 0 Å². The molecule has 1 aromatic rings. The van der Waals surface area contributed by atoms with Crippen molar-refractivity contribution >= 4 is 5.69 Å². The molecule has 1 saturated carbocycles. The summed E-state index contributed by atoms with van der Waals surface area (Å²) < 4.78 is 0. The van der Waals surface area contributed by atoms with Gasteiger partial charge in [-0.2, -0.15) is 0 Å². The van der Waals surface area contributed by atoms with E-state index in [1.807, 2.05) is 0 Å². The number of likely N-dealkylation sites (N-methyl/N-ethyl adjacent to an activating group) is 1. The molecule has 1 unspecified atom stereocenters. The van der Waals surface area contributed by atoms with E-state index in [9.17, 15) is 0 Å². The summed E-state index contributed by atoms with van der Waals surface area (Å²) in [5.41, 5.74) is 2.55. The molecule has 0 amide bonds. The summed E-state index contributed by atoms with van der Waals surface area (Å²) >= 11 is 0. The largest absolute Gasteiger partial charge is 0.384 e. The molecule has 0 spiro atoms. The van der Waals surface area contributed by atoms with E-state index in [1.165, 1.54) is 24.1 Å². The molecule has 0 aromatic heterocycles. The second-order valence-electron chi connectivity index (χ2n) is 5.35. The van der Waals surface area contributed by atoms with Gasteiger partial charge in [0.2, 0.25) is 0 Å². The second-order valence-corrected chi connectivity index (χ2v) is 5.35. The normalized spacial score (nSPS) is 17.2. The zero-order valence-electron chi connectivity index (χ0n) is 11.2. The van der Waals surface area contributed by atoms with Gasteiger partial charge >= 0.3 is 0 Å². The van der Waals surface area contributed by atoms with E-state index in [0.29, 0.717) is 0 Å². The van der Waals surface area contributed by atoms with Crippen LogP contribution in [0.15, 0.2) is 24.3 Å². The van der Waals surface area contributed by atoms with Crippen LogP contribution < -0.4 is 5.32 Å². The molecule has 1 aliphatic rings. The number of hydrogen-bond acceptors (Lipinski definition) is 2. The lowest BCUT2D eigenvalue weighted by Gasteiger charge is -2.24. The first-order chi connectivity index (χ1) is 8.16. The lowest BCUT2D eigenvalue weighted by Crippen LogP contribution is -2.34. The van der Waals surface area contributed by atoms with Gasteiger partial charge in [-0.1, -0.05) is 12.1 Å². The molecule has 1 atom stereocenters. The highest BCUT2D eigenvalue weighted by Gasteiger charge is 2.29. The number of aryl methyl sites for hydroxylation is 1. The Hall–Kier alpha value is -1.02. The van der Waals surface area contributed by atoms with E-state index in [-0.39, 0.29) is 0 Å². The summed E-state index contributed by atoms with van der Waals surface area (Å²) in [6.45, 7) is 6.62. The zero-order valence-corrected chi connectivity index (χ0v) is 11.2. The molecule has 17 heavy (non-hydrogen) atoms. The summed E-state index contributed by atoms with van der Waals surface area (Å²) in [5, 5.41) is 3.49. The Morgan fingerprint density at radius 3 is 2.82 bits per heavy atom. The third-order valence-electron chi connectivity index (χ3n) is 3.81. The summed E-state index contributed by atoms with van der Waals surface area (Å²) in [7, 11) is 2.24. The zero-order chi connectivity index (χ0) is 12.3. The third-order valence-corrected chi connectivity index (χ3v) is 3.81. The fourth-order valence-corrected chi connectivity index (χ4v) is 2.27. The highest BCUT2D eigenvalue weighted by atomic mass is 15.1. The van der Waals surface area contributed by atoms with E-state index in [1.54, 1.807) is 0 Å². The number of hydrogen-bond donors (Lipinski definition) is 1. The number of rotatable bonds is 6. The van der Waals surface area contributed by atoms with Gasteiger partial charge in [0, 0.05) is 24.8 Å². The van der Waals surface area contributed by atoms with Crippen LogP contribution in [0, 0.1) is 12.8 Å². The molecular weight excluding hydrogens is 208 g/mol. The van der Waals surface area contributed by atoms with Gasteiger partial charge < -0.3 is 10.2 Å². The van der Waals surface area contributed by atoms with Crippen molar-refractivity contribution in [3.8, 4) is 0 Å². The molecule has 0 bridgehead atoms. The van der Waals surface area contributed by atoms with Crippen molar-refractivity contribution in [1.82, 2.24) is 4.90 Å². The van der Waals surface area contributed by atoms with Crippen LogP contribution in [0.25, 0.3) is 0 Å². The van der Waals surface area contributed by atoms with Gasteiger partial charge in [0.15, 0.2) is 0 Å². The minimum atomic E-state index is 0.745. The Bertz CT molecular complexity index is 358. The number of nitrogens with zero attached hydrogens (tertiary/aromatic N) is 1. The van der Waals surface area contributed by atoms with Gasteiger partial charge in [0.1, 0.15) is 0 Å². The Balaban J connectivity index is 1.71. The molecule has 2 heteroatoms. The average Bonchev–Trinajstić information content (AvgIpc) is 3.12. The van der Waals surface area contributed by atoms with E-state index in [2.05, 4.69) is 55.4 Å². The predicted molar refractivity (Wildman–Crippen MR) is 74.5 cm³/mol. The first-order valence-electron chi connectivity index (χ1n) is 6.67. The molecule has 1 aromatic carbocycles. The van der Waals surface area contributed by atoms with Crippen LogP contribution in [0.4, 0.5) is 5.69 Å². The first kappa shape index (κ1) is 12.4. The molecule has 1 fully saturated rings. The Morgan fingerprint density at radius 1 is 1.41 bits per heavy atom. The van der Waals surface area contributed by atoms with Crippen molar-refractivity contribution in [1.29, 1.82) is 0 Å². The molecule has 1 N–H and O–H groups in total. The van der Waals surface area contributed by atoms with Crippen molar-refractivity contribution in [2.75, 3.05) is 25.5 Å². The SMILES string of the molecule is Cc1cccc(NCCN(C)C(C)C2CC2)c1. The smallest absolute Gasteiger partial charge is 0.0343 e. The maximum atomic E-state index is 3.49. The van der Waals surface area contributed by atoms with Crippen LogP contribution >= 0.6 is 0 Å². The van der Waals surface area contributed by atoms with Crippen LogP contribution in [-0.4, -0.2) is 31.1 Å². The van der Waals surface area contributed by atoms with Crippen molar-refractivity contribution < 1.29 is 0 Å². The van der Waals surface area contributed by atoms with E-state index in [4.69, 9.17) is 0 Å². The fourth-order valence-electron chi connectivity index (χ4n) is 2.27.